The molecule has 1 saturated heterocycles. The first-order valence-electron chi connectivity index (χ1n) is 7.73. The third-order valence-corrected chi connectivity index (χ3v) is 5.04. The van der Waals surface area contributed by atoms with Gasteiger partial charge in [0, 0.05) is 19.5 Å². The standard InChI is InChI=1S/C17H24N2O2/c1-19(12-13-3-5-14(21-2)6-4-13)16(20)15-11-17(15)7-9-18-10-8-17/h3-6,15,18H,7-12H2,1-2H3. The lowest BCUT2D eigenvalue weighted by atomic mass is 9.91. The van der Waals surface area contributed by atoms with Gasteiger partial charge in [0.1, 0.15) is 5.75 Å². The summed E-state index contributed by atoms with van der Waals surface area (Å²) >= 11 is 0. The summed E-state index contributed by atoms with van der Waals surface area (Å²) in [6.45, 7) is 2.80. The van der Waals surface area contributed by atoms with E-state index in [1.807, 2.05) is 36.2 Å². The van der Waals surface area contributed by atoms with Crippen LogP contribution >= 0.6 is 0 Å². The minimum Gasteiger partial charge on any atom is -0.497 e. The number of hydrogen-bond donors (Lipinski definition) is 1. The van der Waals surface area contributed by atoms with Crippen LogP contribution in [0.15, 0.2) is 24.3 Å². The van der Waals surface area contributed by atoms with Gasteiger partial charge in [-0.3, -0.25) is 4.79 Å². The van der Waals surface area contributed by atoms with E-state index in [2.05, 4.69) is 5.32 Å². The number of nitrogens with one attached hydrogen (secondary N) is 1. The summed E-state index contributed by atoms with van der Waals surface area (Å²) in [4.78, 5) is 14.5. The molecule has 1 amide bonds. The number of rotatable bonds is 4. The number of amides is 1. The van der Waals surface area contributed by atoms with Crippen molar-refractivity contribution in [1.82, 2.24) is 10.2 Å². The van der Waals surface area contributed by atoms with E-state index in [4.69, 9.17) is 4.74 Å². The maximum atomic E-state index is 12.6. The number of carbonyl (C=O) groups excluding carboxylic acids is 1. The van der Waals surface area contributed by atoms with Crippen LogP contribution in [0.5, 0.6) is 5.75 Å². The van der Waals surface area contributed by atoms with E-state index in [-0.39, 0.29) is 5.92 Å². The maximum absolute atomic E-state index is 12.6. The zero-order chi connectivity index (χ0) is 14.9. The van der Waals surface area contributed by atoms with Crippen molar-refractivity contribution in [2.45, 2.75) is 25.8 Å². The Labute approximate surface area is 126 Å². The van der Waals surface area contributed by atoms with Crippen LogP contribution in [0.2, 0.25) is 0 Å². The van der Waals surface area contributed by atoms with E-state index in [1.54, 1.807) is 7.11 Å². The smallest absolute Gasteiger partial charge is 0.226 e. The molecule has 1 aromatic carbocycles. The molecule has 1 aromatic rings. The molecule has 1 N–H and O–H groups in total. The molecule has 1 unspecified atom stereocenters. The zero-order valence-corrected chi connectivity index (χ0v) is 12.9. The number of methoxy groups -OCH3 is 1. The molecule has 2 aliphatic rings. The topological polar surface area (TPSA) is 41.6 Å². The Hall–Kier alpha value is -1.55. The molecule has 0 bridgehead atoms. The van der Waals surface area contributed by atoms with E-state index < -0.39 is 0 Å². The maximum Gasteiger partial charge on any atom is 0.226 e. The van der Waals surface area contributed by atoms with E-state index >= 15 is 0 Å². The molecule has 0 radical (unpaired) electrons. The molecular formula is C17H24N2O2. The van der Waals surface area contributed by atoms with E-state index in [9.17, 15) is 4.79 Å². The van der Waals surface area contributed by atoms with E-state index in [0.717, 1.165) is 43.7 Å². The van der Waals surface area contributed by atoms with Crippen LogP contribution in [0.1, 0.15) is 24.8 Å². The molecule has 1 aliphatic carbocycles. The minimum absolute atomic E-state index is 0.253. The summed E-state index contributed by atoms with van der Waals surface area (Å²) in [5.41, 5.74) is 1.46. The summed E-state index contributed by atoms with van der Waals surface area (Å²) in [6, 6.07) is 7.93. The van der Waals surface area contributed by atoms with Gasteiger partial charge in [0.25, 0.3) is 0 Å². The SMILES string of the molecule is COc1ccc(CN(C)C(=O)C2CC23CCNCC3)cc1. The molecule has 1 spiro atoms. The quantitative estimate of drug-likeness (QED) is 0.922. The molecule has 1 aliphatic heterocycles. The molecular weight excluding hydrogens is 264 g/mol. The van der Waals surface area contributed by atoms with Crippen LogP contribution < -0.4 is 10.1 Å². The van der Waals surface area contributed by atoms with Gasteiger partial charge in [-0.1, -0.05) is 12.1 Å². The third-order valence-electron chi connectivity index (χ3n) is 5.04. The highest BCUT2D eigenvalue weighted by molar-refractivity contribution is 5.82. The lowest BCUT2D eigenvalue weighted by Crippen LogP contribution is -2.34. The minimum atomic E-state index is 0.253. The van der Waals surface area contributed by atoms with Crippen LogP contribution in [0.3, 0.4) is 0 Å². The average molecular weight is 288 g/mol. The highest BCUT2D eigenvalue weighted by Gasteiger charge is 2.58. The Morgan fingerprint density at radius 3 is 2.62 bits per heavy atom. The van der Waals surface area contributed by atoms with Crippen LogP contribution in [-0.2, 0) is 11.3 Å². The molecule has 21 heavy (non-hydrogen) atoms. The van der Waals surface area contributed by atoms with Gasteiger partial charge in [0.15, 0.2) is 0 Å². The fourth-order valence-electron chi connectivity index (χ4n) is 3.52. The van der Waals surface area contributed by atoms with Gasteiger partial charge < -0.3 is 15.0 Å². The van der Waals surface area contributed by atoms with Crippen molar-refractivity contribution in [2.24, 2.45) is 11.3 Å². The third kappa shape index (κ3) is 2.91. The molecule has 2 fully saturated rings. The van der Waals surface area contributed by atoms with Gasteiger partial charge in [-0.15, -0.1) is 0 Å². The molecule has 4 heteroatoms. The van der Waals surface area contributed by atoms with Gasteiger partial charge >= 0.3 is 0 Å². The van der Waals surface area contributed by atoms with Crippen molar-refractivity contribution in [2.75, 3.05) is 27.2 Å². The van der Waals surface area contributed by atoms with Crippen molar-refractivity contribution >= 4 is 5.91 Å². The summed E-state index contributed by atoms with van der Waals surface area (Å²) < 4.78 is 5.16. The van der Waals surface area contributed by atoms with E-state index in [0.29, 0.717) is 17.9 Å². The van der Waals surface area contributed by atoms with Gasteiger partial charge in [0.2, 0.25) is 5.91 Å². The van der Waals surface area contributed by atoms with Crippen molar-refractivity contribution < 1.29 is 9.53 Å². The fourth-order valence-corrected chi connectivity index (χ4v) is 3.52. The van der Waals surface area contributed by atoms with Gasteiger partial charge in [-0.05, 0) is 55.5 Å². The highest BCUT2D eigenvalue weighted by Crippen LogP contribution is 2.59. The first-order chi connectivity index (χ1) is 10.1. The van der Waals surface area contributed by atoms with E-state index in [1.165, 1.54) is 0 Å². The van der Waals surface area contributed by atoms with Crippen LogP contribution in [-0.4, -0.2) is 38.1 Å². The second-order valence-electron chi connectivity index (χ2n) is 6.41. The van der Waals surface area contributed by atoms with Crippen LogP contribution in [0.4, 0.5) is 0 Å². The number of ether oxygens (including phenoxy) is 1. The van der Waals surface area contributed by atoms with Crippen molar-refractivity contribution in [3.05, 3.63) is 29.8 Å². The first kappa shape index (κ1) is 14.4. The lowest BCUT2D eigenvalue weighted by molar-refractivity contribution is -0.132. The molecule has 1 saturated carbocycles. The molecule has 114 valence electrons. The van der Waals surface area contributed by atoms with Crippen LogP contribution in [0.25, 0.3) is 0 Å². The van der Waals surface area contributed by atoms with Crippen molar-refractivity contribution in [1.29, 1.82) is 0 Å². The summed E-state index contributed by atoms with van der Waals surface area (Å²) in [6.07, 6.45) is 3.39. The summed E-state index contributed by atoms with van der Waals surface area (Å²) in [7, 11) is 3.58. The molecule has 1 atom stereocenters. The Morgan fingerprint density at radius 2 is 2.00 bits per heavy atom. The fraction of sp³-hybridized carbons (Fsp3) is 0.588. The Bertz CT molecular complexity index is 506. The highest BCUT2D eigenvalue weighted by atomic mass is 16.5. The van der Waals surface area contributed by atoms with Crippen molar-refractivity contribution in [3.8, 4) is 5.75 Å². The molecule has 3 rings (SSSR count). The number of nitrogens with zero attached hydrogens (tertiary/aromatic N) is 1. The predicted octanol–water partition coefficient (Wildman–Crippen LogP) is 2.04. The lowest BCUT2D eigenvalue weighted by Gasteiger charge is -2.25. The molecule has 1 heterocycles. The monoisotopic (exact) mass is 288 g/mol. The Balaban J connectivity index is 1.57. The number of piperidine rings is 1. The normalized spacial score (nSPS) is 22.9. The molecule has 4 nitrogen and oxygen atoms in total. The average Bonchev–Trinajstić information content (AvgIpc) is 3.21. The Kier molecular flexibility index (Phi) is 3.89. The predicted molar refractivity (Wildman–Crippen MR) is 82.1 cm³/mol. The van der Waals surface area contributed by atoms with Gasteiger partial charge in [-0.2, -0.15) is 0 Å². The van der Waals surface area contributed by atoms with Crippen LogP contribution in [0, 0.1) is 11.3 Å². The Morgan fingerprint density at radius 1 is 1.33 bits per heavy atom. The zero-order valence-electron chi connectivity index (χ0n) is 12.9. The summed E-state index contributed by atoms with van der Waals surface area (Å²) in [5, 5.41) is 3.38. The number of benzene rings is 1. The number of hydrogen-bond acceptors (Lipinski definition) is 3. The van der Waals surface area contributed by atoms with Crippen molar-refractivity contribution in [3.63, 3.8) is 0 Å². The molecule has 0 aromatic heterocycles. The number of carbonyl (C=O) groups is 1. The second-order valence-corrected chi connectivity index (χ2v) is 6.41. The van der Waals surface area contributed by atoms with Gasteiger partial charge in [-0.25, -0.2) is 0 Å². The second kappa shape index (κ2) is 5.68. The largest absolute Gasteiger partial charge is 0.497 e. The van der Waals surface area contributed by atoms with Gasteiger partial charge in [0.05, 0.1) is 7.11 Å². The first-order valence-corrected chi connectivity index (χ1v) is 7.73. The summed E-state index contributed by atoms with van der Waals surface area (Å²) in [5.74, 6) is 1.42.